The lowest BCUT2D eigenvalue weighted by molar-refractivity contribution is -0.138. The highest BCUT2D eigenvalue weighted by atomic mass is 16.5. The van der Waals surface area contributed by atoms with Gasteiger partial charge < -0.3 is 9.47 Å². The van der Waals surface area contributed by atoms with Gasteiger partial charge in [-0.25, -0.2) is 9.59 Å². The molecule has 0 aromatic heterocycles. The minimum absolute atomic E-state index is 0.320. The lowest BCUT2D eigenvalue weighted by Gasteiger charge is -2.33. The van der Waals surface area contributed by atoms with E-state index in [9.17, 15) is 9.59 Å². The van der Waals surface area contributed by atoms with Crippen LogP contribution in [0, 0.1) is 0 Å². The van der Waals surface area contributed by atoms with Crippen molar-refractivity contribution in [2.45, 2.75) is 44.9 Å². The van der Waals surface area contributed by atoms with Crippen LogP contribution < -0.4 is 0 Å². The molecule has 7 rings (SSSR count). The van der Waals surface area contributed by atoms with E-state index in [-0.39, 0.29) is 11.9 Å². The Morgan fingerprint density at radius 1 is 0.510 bits per heavy atom. The van der Waals surface area contributed by atoms with E-state index in [2.05, 4.69) is 121 Å². The molecule has 4 nitrogen and oxygen atoms in total. The average Bonchev–Trinajstić information content (AvgIpc) is 3.43. The summed E-state index contributed by atoms with van der Waals surface area (Å²) in [6.07, 6.45) is 9.21. The molecule has 254 valence electrons. The number of fused-ring (bicyclic) bond motifs is 5. The van der Waals surface area contributed by atoms with E-state index in [1.807, 2.05) is 13.8 Å². The summed E-state index contributed by atoms with van der Waals surface area (Å²) in [5.74, 6) is -0.654. The Labute approximate surface area is 300 Å². The molecular weight excluding hydrogens is 629 g/mol. The molecule has 1 aliphatic rings. The fourth-order valence-corrected chi connectivity index (χ4v) is 7.72. The Bertz CT molecular complexity index is 2130. The second kappa shape index (κ2) is 15.0. The molecule has 0 bridgehead atoms. The summed E-state index contributed by atoms with van der Waals surface area (Å²) in [5, 5.41) is 4.84. The van der Waals surface area contributed by atoms with Crippen molar-refractivity contribution in [1.82, 2.24) is 0 Å². The third-order valence-corrected chi connectivity index (χ3v) is 10.1. The highest BCUT2D eigenvalue weighted by molar-refractivity contribution is 5.91. The normalized spacial score (nSPS) is 13.1. The van der Waals surface area contributed by atoms with Crippen LogP contribution in [0.15, 0.2) is 146 Å². The summed E-state index contributed by atoms with van der Waals surface area (Å²) in [6, 6.07) is 44.0. The highest BCUT2D eigenvalue weighted by Gasteiger charge is 2.43. The summed E-state index contributed by atoms with van der Waals surface area (Å²) in [4.78, 5) is 24.5. The van der Waals surface area contributed by atoms with Gasteiger partial charge in [0, 0.05) is 17.6 Å². The van der Waals surface area contributed by atoms with Gasteiger partial charge in [0.15, 0.2) is 0 Å². The second-order valence-corrected chi connectivity index (χ2v) is 13.3. The van der Waals surface area contributed by atoms with Gasteiger partial charge in [-0.3, -0.25) is 0 Å². The number of carbonyl (C=O) groups is 2. The van der Waals surface area contributed by atoms with Crippen LogP contribution in [0.1, 0.15) is 50.7 Å². The third kappa shape index (κ3) is 7.00. The molecule has 0 amide bonds. The molecule has 0 saturated heterocycles. The number of hydrogen-bond acceptors (Lipinski definition) is 4. The first-order valence-corrected chi connectivity index (χ1v) is 17.9. The first-order chi connectivity index (χ1) is 25.0. The largest absolute Gasteiger partial charge is 0.463 e. The second-order valence-electron chi connectivity index (χ2n) is 13.3. The number of hydrogen-bond donors (Lipinski definition) is 0. The summed E-state index contributed by atoms with van der Waals surface area (Å²) in [7, 11) is 0. The minimum Gasteiger partial charge on any atom is -0.463 e. The van der Waals surface area contributed by atoms with Crippen LogP contribution in [0.2, 0.25) is 0 Å². The van der Waals surface area contributed by atoms with Crippen LogP contribution in [0.5, 0.6) is 0 Å². The zero-order chi connectivity index (χ0) is 35.2. The van der Waals surface area contributed by atoms with E-state index in [0.717, 1.165) is 24.0 Å². The molecule has 0 heterocycles. The van der Waals surface area contributed by atoms with Crippen LogP contribution in [-0.2, 0) is 24.5 Å². The molecule has 4 heteroatoms. The van der Waals surface area contributed by atoms with Gasteiger partial charge >= 0.3 is 11.9 Å². The zero-order valence-electron chi connectivity index (χ0n) is 29.2. The van der Waals surface area contributed by atoms with Crippen molar-refractivity contribution in [1.29, 1.82) is 0 Å². The number of carbonyl (C=O) groups excluding carboxylic acids is 2. The van der Waals surface area contributed by atoms with E-state index < -0.39 is 5.41 Å². The number of esters is 2. The first-order valence-electron chi connectivity index (χ1n) is 17.9. The van der Waals surface area contributed by atoms with Gasteiger partial charge in [-0.15, -0.1) is 0 Å². The minimum atomic E-state index is -0.398. The van der Waals surface area contributed by atoms with E-state index >= 15 is 0 Å². The molecule has 0 N–H and O–H groups in total. The van der Waals surface area contributed by atoms with Gasteiger partial charge in [0.25, 0.3) is 0 Å². The Kier molecular flexibility index (Phi) is 9.94. The van der Waals surface area contributed by atoms with Gasteiger partial charge in [0.2, 0.25) is 0 Å². The number of rotatable bonds is 12. The Morgan fingerprint density at radius 2 is 0.902 bits per heavy atom. The smallest absolute Gasteiger partial charge is 0.330 e. The quantitative estimate of drug-likeness (QED) is 0.0739. The maximum Gasteiger partial charge on any atom is 0.330 e. The van der Waals surface area contributed by atoms with Crippen LogP contribution in [-0.4, -0.2) is 25.2 Å². The van der Waals surface area contributed by atoms with Crippen molar-refractivity contribution < 1.29 is 19.1 Å². The summed E-state index contributed by atoms with van der Waals surface area (Å²) in [5.41, 5.74) is 9.21. The van der Waals surface area contributed by atoms with Crippen LogP contribution >= 0.6 is 0 Å². The maximum atomic E-state index is 12.3. The Morgan fingerprint density at radius 3 is 1.33 bits per heavy atom. The third-order valence-electron chi connectivity index (χ3n) is 10.1. The average molecular weight is 671 g/mol. The summed E-state index contributed by atoms with van der Waals surface area (Å²) in [6.45, 7) is 4.26. The molecule has 0 saturated carbocycles. The number of benzene rings is 6. The van der Waals surface area contributed by atoms with Crippen molar-refractivity contribution >= 4 is 33.5 Å². The van der Waals surface area contributed by atoms with E-state index in [1.165, 1.54) is 67.1 Å². The predicted molar refractivity (Wildman–Crippen MR) is 209 cm³/mol. The SMILES string of the molecule is CC=CC(=O)OCCCC1(CCCOC(=O)C=CC)c2cc(-c3ccc4ccccc4c3)ccc2-c2ccc(-c3ccc4ccccc4c3)cc21. The molecule has 0 unspecified atom stereocenters. The lowest BCUT2D eigenvalue weighted by Crippen LogP contribution is -2.27. The van der Waals surface area contributed by atoms with Crippen molar-refractivity contribution in [3.63, 3.8) is 0 Å². The highest BCUT2D eigenvalue weighted by Crippen LogP contribution is 2.55. The van der Waals surface area contributed by atoms with E-state index in [0.29, 0.717) is 26.1 Å². The fourth-order valence-electron chi connectivity index (χ4n) is 7.72. The van der Waals surface area contributed by atoms with Gasteiger partial charge in [-0.1, -0.05) is 109 Å². The van der Waals surface area contributed by atoms with Gasteiger partial charge in [0.05, 0.1) is 13.2 Å². The molecule has 0 radical (unpaired) electrons. The molecule has 6 aromatic rings. The van der Waals surface area contributed by atoms with Crippen molar-refractivity contribution in [3.8, 4) is 33.4 Å². The molecule has 0 aliphatic heterocycles. The van der Waals surface area contributed by atoms with Crippen LogP contribution in [0.25, 0.3) is 54.9 Å². The Hall–Kier alpha value is -5.74. The topological polar surface area (TPSA) is 52.6 Å². The molecular formula is C47H42O4. The van der Waals surface area contributed by atoms with E-state index in [4.69, 9.17) is 9.47 Å². The summed E-state index contributed by atoms with van der Waals surface area (Å²) < 4.78 is 11.2. The Balaban J connectivity index is 1.34. The van der Waals surface area contributed by atoms with Crippen molar-refractivity contribution in [3.05, 3.63) is 157 Å². The van der Waals surface area contributed by atoms with Gasteiger partial charge in [-0.05, 0) is 130 Å². The monoisotopic (exact) mass is 670 g/mol. The first kappa shape index (κ1) is 33.7. The molecule has 1 aliphatic carbocycles. The summed E-state index contributed by atoms with van der Waals surface area (Å²) >= 11 is 0. The van der Waals surface area contributed by atoms with Crippen molar-refractivity contribution in [2.75, 3.05) is 13.2 Å². The fraction of sp³-hybridized carbons (Fsp3) is 0.191. The van der Waals surface area contributed by atoms with Gasteiger partial charge in [0.1, 0.15) is 0 Å². The zero-order valence-corrected chi connectivity index (χ0v) is 29.2. The molecule has 0 spiro atoms. The lowest BCUT2D eigenvalue weighted by atomic mass is 9.70. The van der Waals surface area contributed by atoms with E-state index in [1.54, 1.807) is 12.2 Å². The van der Waals surface area contributed by atoms with Crippen LogP contribution in [0.4, 0.5) is 0 Å². The number of allylic oxidation sites excluding steroid dienone is 2. The predicted octanol–water partition coefficient (Wildman–Crippen LogP) is 11.4. The van der Waals surface area contributed by atoms with Crippen LogP contribution in [0.3, 0.4) is 0 Å². The molecule has 0 atom stereocenters. The maximum absolute atomic E-state index is 12.3. The molecule has 51 heavy (non-hydrogen) atoms. The van der Waals surface area contributed by atoms with Gasteiger partial charge in [-0.2, -0.15) is 0 Å². The molecule has 6 aromatic carbocycles. The molecule has 0 fully saturated rings. The number of ether oxygens (including phenoxy) is 2. The standard InChI is InChI=1S/C47H42O4/c1-3-11-45(48)50-27-9-25-47(26-10-28-51-46(49)12-4-2)43-31-39(37-19-17-33-13-5-7-15-35(33)29-37)21-23-41(43)42-24-22-40(32-44(42)47)38-20-18-34-14-6-8-16-36(34)30-38/h3-8,11-24,29-32H,9-10,25-28H2,1-2H3. The van der Waals surface area contributed by atoms with Crippen molar-refractivity contribution in [2.24, 2.45) is 0 Å².